The number of carboxylic acid groups (broad SMARTS) is 1. The first-order valence-electron chi connectivity index (χ1n) is 14.9. The van der Waals surface area contributed by atoms with Gasteiger partial charge >= 0.3 is 0 Å². The lowest BCUT2D eigenvalue weighted by atomic mass is 10.0. The van der Waals surface area contributed by atoms with Gasteiger partial charge < -0.3 is 43.8 Å². The van der Waals surface area contributed by atoms with Gasteiger partial charge in [0.15, 0.2) is 11.5 Å². The summed E-state index contributed by atoms with van der Waals surface area (Å²) in [4.78, 5) is 37.9. The van der Waals surface area contributed by atoms with Crippen molar-refractivity contribution in [2.45, 2.75) is 6.92 Å². The zero-order valence-electron chi connectivity index (χ0n) is 26.7. The van der Waals surface area contributed by atoms with Gasteiger partial charge in [0.2, 0.25) is 5.91 Å². The van der Waals surface area contributed by atoms with Gasteiger partial charge in [-0.1, -0.05) is 49.1 Å². The number of hydrogen-bond acceptors (Lipinski definition) is 11. The number of methoxy groups -OCH3 is 1. The van der Waals surface area contributed by atoms with E-state index < -0.39 is 5.09 Å². The molecular weight excluding hydrogens is 614 g/mol. The molecule has 47 heavy (non-hydrogen) atoms. The Labute approximate surface area is 274 Å². The third-order valence-corrected chi connectivity index (χ3v) is 6.50. The zero-order chi connectivity index (χ0) is 34.3. The number of amides is 1. The van der Waals surface area contributed by atoms with Crippen LogP contribution in [-0.2, 0) is 23.9 Å². The third-order valence-electron chi connectivity index (χ3n) is 6.50. The van der Waals surface area contributed by atoms with E-state index in [1.807, 2.05) is 61.6 Å². The minimum Gasteiger partial charge on any atom is -0.493 e. The van der Waals surface area contributed by atoms with Crippen molar-refractivity contribution in [1.29, 1.82) is 0 Å². The van der Waals surface area contributed by atoms with Gasteiger partial charge in [-0.2, -0.15) is 0 Å². The maximum Gasteiger partial charge on any atom is 0.294 e. The largest absolute Gasteiger partial charge is 0.493 e. The Bertz CT molecular complexity index is 1330. The van der Waals surface area contributed by atoms with Crippen molar-refractivity contribution in [3.05, 3.63) is 89.0 Å². The molecule has 0 radical (unpaired) electrons. The smallest absolute Gasteiger partial charge is 0.294 e. The molecule has 0 bridgehead atoms. The van der Waals surface area contributed by atoms with E-state index in [-0.39, 0.29) is 57.9 Å². The van der Waals surface area contributed by atoms with Crippen molar-refractivity contribution in [3.8, 4) is 17.2 Å². The Morgan fingerprint density at radius 2 is 1.81 bits per heavy atom. The van der Waals surface area contributed by atoms with Crippen molar-refractivity contribution in [1.82, 2.24) is 4.90 Å². The Hall–Kier alpha value is -5.08. The van der Waals surface area contributed by atoms with E-state index in [9.17, 15) is 14.9 Å². The summed E-state index contributed by atoms with van der Waals surface area (Å²) < 4.78 is 28.8. The van der Waals surface area contributed by atoms with Crippen molar-refractivity contribution in [2.24, 2.45) is 5.92 Å². The average Bonchev–Trinajstić information content (AvgIpc) is 3.15. The van der Waals surface area contributed by atoms with E-state index in [0.29, 0.717) is 43.6 Å². The van der Waals surface area contributed by atoms with E-state index in [4.69, 9.17) is 33.6 Å². The molecule has 1 amide bonds. The molecule has 1 heterocycles. The molecule has 0 saturated carbocycles. The minimum absolute atomic E-state index is 0.106. The number of nitrogens with one attached hydrogen (secondary N) is 1. The number of hydrogen-bond donors (Lipinski definition) is 2. The SMILES string of the molecule is C=C1/C=C\C=C/CNc2cccc(OCC(COCC)CN(CCOc3ccccc3OC)C(=O)COCCO[N+](=O)[O-])c21.O=CO. The highest BCUT2D eigenvalue weighted by Gasteiger charge is 2.22. The van der Waals surface area contributed by atoms with Crippen molar-refractivity contribution in [2.75, 3.05) is 78.3 Å². The first-order chi connectivity index (χ1) is 22.8. The van der Waals surface area contributed by atoms with Crippen LogP contribution in [0.3, 0.4) is 0 Å². The molecular formula is C33H43N3O11. The number of anilines is 1. The molecule has 3 rings (SSSR count). The van der Waals surface area contributed by atoms with Gasteiger partial charge in [0.1, 0.15) is 25.6 Å². The summed E-state index contributed by atoms with van der Waals surface area (Å²) in [6, 6.07) is 13.1. The summed E-state index contributed by atoms with van der Waals surface area (Å²) >= 11 is 0. The maximum atomic E-state index is 13.3. The number of rotatable bonds is 19. The van der Waals surface area contributed by atoms with Crippen LogP contribution < -0.4 is 19.5 Å². The Kier molecular flexibility index (Phi) is 18.2. The first kappa shape index (κ1) is 38.1. The van der Waals surface area contributed by atoms with Gasteiger partial charge in [0.05, 0.1) is 33.5 Å². The predicted octanol–water partition coefficient (Wildman–Crippen LogP) is 4.11. The number of nitrogens with zero attached hydrogens (tertiary/aromatic N) is 2. The van der Waals surface area contributed by atoms with Gasteiger partial charge in [-0.3, -0.25) is 9.59 Å². The molecule has 256 valence electrons. The Morgan fingerprint density at radius 1 is 1.06 bits per heavy atom. The fourth-order valence-corrected chi connectivity index (χ4v) is 4.40. The summed E-state index contributed by atoms with van der Waals surface area (Å²) in [6.07, 6.45) is 7.86. The van der Waals surface area contributed by atoms with E-state index in [2.05, 4.69) is 16.7 Å². The lowest BCUT2D eigenvalue weighted by Gasteiger charge is -2.28. The van der Waals surface area contributed by atoms with Crippen LogP contribution >= 0.6 is 0 Å². The molecule has 0 spiro atoms. The molecule has 1 atom stereocenters. The van der Waals surface area contributed by atoms with Crippen LogP contribution in [0.5, 0.6) is 17.2 Å². The lowest BCUT2D eigenvalue weighted by Crippen LogP contribution is -2.42. The second-order valence-electron chi connectivity index (χ2n) is 9.76. The number of carbonyl (C=O) groups is 2. The van der Waals surface area contributed by atoms with Gasteiger partial charge in [0, 0.05) is 36.9 Å². The van der Waals surface area contributed by atoms with E-state index in [0.717, 1.165) is 16.8 Å². The molecule has 1 unspecified atom stereocenters. The molecule has 2 N–H and O–H groups in total. The number of para-hydroxylation sites is 2. The average molecular weight is 658 g/mol. The fourth-order valence-electron chi connectivity index (χ4n) is 4.40. The van der Waals surface area contributed by atoms with Crippen molar-refractivity contribution >= 4 is 23.6 Å². The van der Waals surface area contributed by atoms with Crippen LogP contribution in [-0.4, -0.2) is 100 Å². The van der Waals surface area contributed by atoms with Crippen LogP contribution in [0.1, 0.15) is 12.5 Å². The van der Waals surface area contributed by atoms with Gasteiger partial charge in [-0.05, 0) is 36.8 Å². The summed E-state index contributed by atoms with van der Waals surface area (Å²) in [5, 5.41) is 19.8. The minimum atomic E-state index is -0.904. The summed E-state index contributed by atoms with van der Waals surface area (Å²) in [5.74, 6) is 1.29. The highest BCUT2D eigenvalue weighted by molar-refractivity contribution is 5.85. The molecule has 14 heteroatoms. The second-order valence-corrected chi connectivity index (χ2v) is 9.76. The van der Waals surface area contributed by atoms with Gasteiger partial charge in [-0.15, -0.1) is 10.1 Å². The summed E-state index contributed by atoms with van der Waals surface area (Å²) in [6.45, 7) is 7.73. The number of carbonyl (C=O) groups excluding carboxylic acids is 1. The van der Waals surface area contributed by atoms with Crippen LogP contribution in [0.25, 0.3) is 5.57 Å². The molecule has 0 aromatic heterocycles. The molecule has 1 aliphatic heterocycles. The van der Waals surface area contributed by atoms with Gasteiger partial charge in [-0.25, -0.2) is 0 Å². The maximum absolute atomic E-state index is 13.3. The number of benzene rings is 2. The summed E-state index contributed by atoms with van der Waals surface area (Å²) in [7, 11) is 1.56. The third kappa shape index (κ3) is 14.3. The normalized spacial score (nSPS) is 13.8. The zero-order valence-corrected chi connectivity index (χ0v) is 26.7. The van der Waals surface area contributed by atoms with Crippen LogP contribution in [0.2, 0.25) is 0 Å². The van der Waals surface area contributed by atoms with Crippen LogP contribution in [0.15, 0.2) is 73.3 Å². The quantitative estimate of drug-likeness (QED) is 0.0962. The molecule has 0 aliphatic carbocycles. The first-order valence-corrected chi connectivity index (χ1v) is 14.9. The van der Waals surface area contributed by atoms with E-state index >= 15 is 0 Å². The van der Waals surface area contributed by atoms with Crippen molar-refractivity contribution in [3.63, 3.8) is 0 Å². The number of allylic oxidation sites excluding steroid dienone is 4. The molecule has 2 aromatic rings. The molecule has 0 fully saturated rings. The second kappa shape index (κ2) is 22.4. The highest BCUT2D eigenvalue weighted by Crippen LogP contribution is 2.34. The van der Waals surface area contributed by atoms with E-state index in [1.54, 1.807) is 24.1 Å². The van der Waals surface area contributed by atoms with Crippen LogP contribution in [0.4, 0.5) is 5.69 Å². The van der Waals surface area contributed by atoms with Crippen molar-refractivity contribution < 1.29 is 48.3 Å². The highest BCUT2D eigenvalue weighted by atomic mass is 17.0. The number of ether oxygens (including phenoxy) is 5. The summed E-state index contributed by atoms with van der Waals surface area (Å²) in [5.41, 5.74) is 2.58. The Morgan fingerprint density at radius 3 is 2.53 bits per heavy atom. The topological polar surface area (TPSA) is 168 Å². The molecule has 2 aromatic carbocycles. The standard InChI is InChI=1S/C32H41N3O9.CH2O2/c1-4-40-22-26(23-43-30-15-10-12-27-32(30)25(2)11-6-5-9-16-33-27)21-34(31(36)24-41-19-20-44-35(37)38)17-18-42-29-14-8-7-13-28(29)39-3;2-1-3/h5-15,26,33H,2,4,16-24H2,1,3H3;1H,(H,2,3)/b9-5-,11-6-;. The van der Waals surface area contributed by atoms with E-state index in [1.165, 1.54) is 0 Å². The monoisotopic (exact) mass is 657 g/mol. The molecule has 1 aliphatic rings. The van der Waals surface area contributed by atoms with Gasteiger partial charge in [0.25, 0.3) is 11.6 Å². The molecule has 14 nitrogen and oxygen atoms in total. The van der Waals surface area contributed by atoms with Crippen LogP contribution in [0, 0.1) is 16.0 Å². The molecule has 0 saturated heterocycles. The Balaban J connectivity index is 0.00000246. The fraction of sp³-hybridized carbons (Fsp3) is 0.394. The number of fused-ring (bicyclic) bond motifs is 1. The lowest BCUT2D eigenvalue weighted by molar-refractivity contribution is -0.758. The predicted molar refractivity (Wildman–Crippen MR) is 175 cm³/mol.